The van der Waals surface area contributed by atoms with Crippen molar-refractivity contribution in [3.63, 3.8) is 0 Å². The van der Waals surface area contributed by atoms with Crippen molar-refractivity contribution >= 4 is 26.6 Å². The van der Waals surface area contributed by atoms with Crippen molar-refractivity contribution in [2.24, 2.45) is 7.05 Å². The highest BCUT2D eigenvalue weighted by Crippen LogP contribution is 2.33. The lowest BCUT2D eigenvalue weighted by Crippen LogP contribution is -2.38. The second kappa shape index (κ2) is 7.55. The average Bonchev–Trinajstić information content (AvgIpc) is 3.01. The van der Waals surface area contributed by atoms with Gasteiger partial charge in [0.25, 0.3) is 5.56 Å². The Bertz CT molecular complexity index is 1350. The molecular weight excluding hydrogens is 449 g/mol. The average molecular weight is 468 g/mol. The molecule has 0 amide bonds. The van der Waals surface area contributed by atoms with Crippen LogP contribution in [0.2, 0.25) is 0 Å². The second-order valence-electron chi connectivity index (χ2n) is 7.90. The minimum Gasteiger partial charge on any atom is -0.387 e. The zero-order valence-corrected chi connectivity index (χ0v) is 17.7. The van der Waals surface area contributed by atoms with E-state index in [9.17, 15) is 31.5 Å². The van der Waals surface area contributed by atoms with E-state index < -0.39 is 38.5 Å². The normalized spacial score (nSPS) is 20.5. The van der Waals surface area contributed by atoms with E-state index in [0.29, 0.717) is 11.1 Å². The van der Waals surface area contributed by atoms with Crippen molar-refractivity contribution in [3.05, 3.63) is 52.7 Å². The molecule has 0 radical (unpaired) electrons. The molecule has 0 aliphatic carbocycles. The maximum atomic E-state index is 12.9. The fraction of sp³-hybridized carbons (Fsp3) is 0.350. The van der Waals surface area contributed by atoms with Crippen LogP contribution in [0.1, 0.15) is 12.0 Å². The number of fused-ring (bicyclic) bond motifs is 1. The summed E-state index contributed by atoms with van der Waals surface area (Å²) in [5.74, 6) is -0.428. The van der Waals surface area contributed by atoms with Crippen LogP contribution in [-0.2, 0) is 23.1 Å². The molecule has 170 valence electrons. The van der Waals surface area contributed by atoms with E-state index in [0.717, 1.165) is 12.1 Å². The first kappa shape index (κ1) is 22.2. The number of aromatic nitrogens is 3. The van der Waals surface area contributed by atoms with Gasteiger partial charge < -0.3 is 15.0 Å². The van der Waals surface area contributed by atoms with E-state index in [4.69, 9.17) is 0 Å². The molecule has 32 heavy (non-hydrogen) atoms. The number of nitrogens with one attached hydrogen (secondary N) is 1. The predicted molar refractivity (Wildman–Crippen MR) is 112 cm³/mol. The van der Waals surface area contributed by atoms with Gasteiger partial charge in [-0.25, -0.2) is 18.4 Å². The van der Waals surface area contributed by atoms with Gasteiger partial charge in [-0.05, 0) is 24.1 Å². The summed E-state index contributed by atoms with van der Waals surface area (Å²) in [4.78, 5) is 21.3. The standard InChI is InChI=1S/C20H19F3N4O4S/c1-27-11-26-16-14(12-2-4-13(5-3-12)20(21,22)23)8-24-17(15(16)18(27)28)25-9-19(29)6-7-32(30,31)10-19/h2-5,8,11,29H,6-7,9-10H2,1H3,(H,24,25). The van der Waals surface area contributed by atoms with Crippen molar-refractivity contribution in [2.45, 2.75) is 18.2 Å². The van der Waals surface area contributed by atoms with Gasteiger partial charge in [-0.2, -0.15) is 13.2 Å². The summed E-state index contributed by atoms with van der Waals surface area (Å²) in [6.07, 6.45) is -1.76. The summed E-state index contributed by atoms with van der Waals surface area (Å²) >= 11 is 0. The lowest BCUT2D eigenvalue weighted by atomic mass is 10.0. The quantitative estimate of drug-likeness (QED) is 0.602. The molecule has 2 N–H and O–H groups in total. The SMILES string of the molecule is Cn1cnc2c(-c3ccc(C(F)(F)F)cc3)cnc(NCC3(O)CCS(=O)(=O)C3)c2c1=O. The number of benzene rings is 1. The summed E-state index contributed by atoms with van der Waals surface area (Å²) in [7, 11) is -1.85. The Kier molecular flexibility index (Phi) is 5.24. The number of hydrogen-bond donors (Lipinski definition) is 2. The van der Waals surface area contributed by atoms with Crippen LogP contribution in [0.4, 0.5) is 19.0 Å². The van der Waals surface area contributed by atoms with Gasteiger partial charge in [0.05, 0.1) is 34.5 Å². The molecule has 3 heterocycles. The maximum Gasteiger partial charge on any atom is 0.416 e. The molecule has 1 saturated heterocycles. The van der Waals surface area contributed by atoms with Crippen LogP contribution in [0.3, 0.4) is 0 Å². The van der Waals surface area contributed by atoms with Crippen molar-refractivity contribution in [1.82, 2.24) is 14.5 Å². The van der Waals surface area contributed by atoms with Crippen LogP contribution in [0.15, 0.2) is 41.6 Å². The van der Waals surface area contributed by atoms with E-state index in [1.165, 1.54) is 36.3 Å². The Morgan fingerprint density at radius 2 is 1.91 bits per heavy atom. The zero-order chi connectivity index (χ0) is 23.3. The van der Waals surface area contributed by atoms with E-state index in [1.807, 2.05) is 0 Å². The monoisotopic (exact) mass is 468 g/mol. The number of sulfone groups is 1. The number of halogens is 3. The molecule has 1 aromatic carbocycles. The molecule has 1 aliphatic heterocycles. The highest BCUT2D eigenvalue weighted by Gasteiger charge is 2.40. The van der Waals surface area contributed by atoms with Gasteiger partial charge in [0.2, 0.25) is 0 Å². The third-order valence-electron chi connectivity index (χ3n) is 5.42. The summed E-state index contributed by atoms with van der Waals surface area (Å²) in [5.41, 5.74) is -1.78. The lowest BCUT2D eigenvalue weighted by Gasteiger charge is -2.22. The van der Waals surface area contributed by atoms with E-state index >= 15 is 0 Å². The molecular formula is C20H19F3N4O4S. The van der Waals surface area contributed by atoms with Gasteiger partial charge >= 0.3 is 6.18 Å². The van der Waals surface area contributed by atoms with Crippen LogP contribution < -0.4 is 10.9 Å². The van der Waals surface area contributed by atoms with Gasteiger partial charge in [-0.3, -0.25) is 4.79 Å². The predicted octanol–water partition coefficient (Wildman–Crippen LogP) is 1.98. The molecule has 4 rings (SSSR count). The first-order chi connectivity index (χ1) is 14.9. The number of hydrogen-bond acceptors (Lipinski definition) is 7. The largest absolute Gasteiger partial charge is 0.416 e. The van der Waals surface area contributed by atoms with Crippen LogP contribution in [0.5, 0.6) is 0 Å². The van der Waals surface area contributed by atoms with Crippen LogP contribution in [-0.4, -0.2) is 51.7 Å². The highest BCUT2D eigenvalue weighted by atomic mass is 32.2. The number of anilines is 1. The Morgan fingerprint density at radius 3 is 2.50 bits per heavy atom. The summed E-state index contributed by atoms with van der Waals surface area (Å²) < 4.78 is 63.3. The van der Waals surface area contributed by atoms with Gasteiger partial charge in [0.1, 0.15) is 11.2 Å². The van der Waals surface area contributed by atoms with E-state index in [2.05, 4.69) is 15.3 Å². The molecule has 1 aliphatic rings. The van der Waals surface area contributed by atoms with Gasteiger partial charge in [0.15, 0.2) is 9.84 Å². The molecule has 3 aromatic rings. The highest BCUT2D eigenvalue weighted by molar-refractivity contribution is 7.91. The van der Waals surface area contributed by atoms with Crippen LogP contribution in [0.25, 0.3) is 22.0 Å². The van der Waals surface area contributed by atoms with Crippen LogP contribution >= 0.6 is 0 Å². The topological polar surface area (TPSA) is 114 Å². The van der Waals surface area contributed by atoms with Gasteiger partial charge in [-0.1, -0.05) is 12.1 Å². The Balaban J connectivity index is 1.75. The van der Waals surface area contributed by atoms with Gasteiger partial charge in [-0.15, -0.1) is 0 Å². The summed E-state index contributed by atoms with van der Waals surface area (Å²) in [6, 6.07) is 4.42. The fourth-order valence-electron chi connectivity index (χ4n) is 3.68. The maximum absolute atomic E-state index is 12.9. The van der Waals surface area contributed by atoms with Crippen LogP contribution in [0, 0.1) is 0 Å². The second-order valence-corrected chi connectivity index (χ2v) is 10.1. The number of alkyl halides is 3. The third kappa shape index (κ3) is 4.19. The molecule has 1 unspecified atom stereocenters. The smallest absolute Gasteiger partial charge is 0.387 e. The number of aryl methyl sites for hydroxylation is 1. The van der Waals surface area contributed by atoms with Crippen molar-refractivity contribution < 1.29 is 26.7 Å². The third-order valence-corrected chi connectivity index (χ3v) is 7.22. The number of aliphatic hydroxyl groups is 1. The molecule has 2 aromatic heterocycles. The lowest BCUT2D eigenvalue weighted by molar-refractivity contribution is -0.137. The van der Waals surface area contributed by atoms with E-state index in [1.54, 1.807) is 0 Å². The van der Waals surface area contributed by atoms with Gasteiger partial charge in [0, 0.05) is 25.4 Å². The minimum atomic E-state index is -4.48. The van der Waals surface area contributed by atoms with Crippen molar-refractivity contribution in [1.29, 1.82) is 0 Å². The molecule has 0 spiro atoms. The molecule has 0 bridgehead atoms. The molecule has 0 saturated carbocycles. The summed E-state index contributed by atoms with van der Waals surface area (Å²) in [6.45, 7) is -0.147. The fourth-order valence-corrected chi connectivity index (χ4v) is 5.58. The molecule has 8 nitrogen and oxygen atoms in total. The van der Waals surface area contributed by atoms with Crippen molar-refractivity contribution in [2.75, 3.05) is 23.4 Å². The number of pyridine rings is 1. The molecule has 1 fully saturated rings. The van der Waals surface area contributed by atoms with Crippen molar-refractivity contribution in [3.8, 4) is 11.1 Å². The first-order valence-electron chi connectivity index (χ1n) is 9.57. The number of nitrogens with zero attached hydrogens (tertiary/aromatic N) is 3. The molecule has 12 heteroatoms. The Hall–Kier alpha value is -2.99. The minimum absolute atomic E-state index is 0.0557. The Labute approximate surface area is 180 Å². The van der Waals surface area contributed by atoms with E-state index in [-0.39, 0.29) is 35.4 Å². The molecule has 1 atom stereocenters. The number of rotatable bonds is 4. The first-order valence-corrected chi connectivity index (χ1v) is 11.4. The Morgan fingerprint density at radius 1 is 1.22 bits per heavy atom. The zero-order valence-electron chi connectivity index (χ0n) is 16.8. The summed E-state index contributed by atoms with van der Waals surface area (Å²) in [5, 5.41) is 13.5.